The highest BCUT2D eigenvalue weighted by molar-refractivity contribution is 7.89. The number of halogens is 2. The van der Waals surface area contributed by atoms with Gasteiger partial charge >= 0.3 is 0 Å². The Morgan fingerprint density at radius 3 is 2.71 bits per heavy atom. The van der Waals surface area contributed by atoms with Gasteiger partial charge in [-0.3, -0.25) is 0 Å². The van der Waals surface area contributed by atoms with Gasteiger partial charge < -0.3 is 10.5 Å². The van der Waals surface area contributed by atoms with Crippen LogP contribution in [0.5, 0.6) is 0 Å². The summed E-state index contributed by atoms with van der Waals surface area (Å²) in [5.74, 6) is -0.588. The third kappa shape index (κ3) is 3.01. The van der Waals surface area contributed by atoms with Gasteiger partial charge in [0.15, 0.2) is 5.82 Å². The highest BCUT2D eigenvalue weighted by Gasteiger charge is 2.42. The van der Waals surface area contributed by atoms with Gasteiger partial charge in [-0.1, -0.05) is 11.6 Å². The molecule has 1 aromatic rings. The van der Waals surface area contributed by atoms with E-state index in [0.717, 1.165) is 18.9 Å². The lowest BCUT2D eigenvalue weighted by Gasteiger charge is -2.20. The van der Waals surface area contributed by atoms with E-state index in [2.05, 4.69) is 4.72 Å². The molecule has 2 aliphatic rings. The van der Waals surface area contributed by atoms with E-state index in [4.69, 9.17) is 22.1 Å². The summed E-state index contributed by atoms with van der Waals surface area (Å²) in [4.78, 5) is -0.519. The maximum Gasteiger partial charge on any atom is 0.243 e. The Balaban J connectivity index is 1.87. The average molecular weight is 335 g/mol. The summed E-state index contributed by atoms with van der Waals surface area (Å²) in [5.41, 5.74) is 5.65. The molecule has 5 nitrogen and oxygen atoms in total. The minimum absolute atomic E-state index is 0.100. The fourth-order valence-electron chi connectivity index (χ4n) is 2.67. The number of hydrogen-bond donors (Lipinski definition) is 2. The van der Waals surface area contributed by atoms with Crippen molar-refractivity contribution in [1.29, 1.82) is 0 Å². The summed E-state index contributed by atoms with van der Waals surface area (Å²) in [6.07, 6.45) is 2.54. The van der Waals surface area contributed by atoms with E-state index in [1.807, 2.05) is 0 Å². The molecule has 116 valence electrons. The van der Waals surface area contributed by atoms with Crippen LogP contribution in [0.2, 0.25) is 5.02 Å². The van der Waals surface area contributed by atoms with Gasteiger partial charge in [0.05, 0.1) is 17.2 Å². The lowest BCUT2D eigenvalue weighted by atomic mass is 10.1. The summed E-state index contributed by atoms with van der Waals surface area (Å²) in [6.45, 7) is 0.508. The normalized spacial score (nSPS) is 26.2. The highest BCUT2D eigenvalue weighted by Crippen LogP contribution is 2.39. The molecule has 1 heterocycles. The number of nitrogens with two attached hydrogens (primary N) is 1. The number of nitrogens with one attached hydrogen (secondary N) is 1. The summed E-state index contributed by atoms with van der Waals surface area (Å²) in [7, 11) is -4.03. The number of benzene rings is 1. The Morgan fingerprint density at radius 1 is 1.33 bits per heavy atom. The maximum atomic E-state index is 14.0. The van der Waals surface area contributed by atoms with Crippen LogP contribution in [-0.4, -0.2) is 27.2 Å². The van der Waals surface area contributed by atoms with Crippen LogP contribution in [0.1, 0.15) is 19.3 Å². The van der Waals surface area contributed by atoms with Crippen LogP contribution in [0.15, 0.2) is 17.0 Å². The van der Waals surface area contributed by atoms with Gasteiger partial charge in [0.1, 0.15) is 4.90 Å². The predicted molar refractivity (Wildman–Crippen MR) is 77.0 cm³/mol. The molecule has 2 fully saturated rings. The molecule has 8 heteroatoms. The highest BCUT2D eigenvalue weighted by atomic mass is 35.5. The molecule has 1 aromatic carbocycles. The largest absolute Gasteiger partial charge is 0.399 e. The second kappa shape index (κ2) is 5.39. The Kier molecular flexibility index (Phi) is 3.85. The Morgan fingerprint density at radius 2 is 2.05 bits per heavy atom. The zero-order chi connectivity index (χ0) is 15.2. The van der Waals surface area contributed by atoms with Gasteiger partial charge in [0.25, 0.3) is 0 Å². The summed E-state index contributed by atoms with van der Waals surface area (Å²) in [5, 5.41) is -0.309. The lowest BCUT2D eigenvalue weighted by molar-refractivity contribution is 0.0848. The molecule has 3 N–H and O–H groups in total. The lowest BCUT2D eigenvalue weighted by Crippen LogP contribution is -2.41. The maximum absolute atomic E-state index is 14.0. The number of hydrogen-bond acceptors (Lipinski definition) is 4. The quantitative estimate of drug-likeness (QED) is 0.824. The smallest absolute Gasteiger partial charge is 0.243 e. The first-order chi connectivity index (χ1) is 9.88. The molecular formula is C13H16ClFN2O3S. The van der Waals surface area contributed by atoms with Crippen LogP contribution in [0.3, 0.4) is 0 Å². The van der Waals surface area contributed by atoms with E-state index in [-0.39, 0.29) is 22.9 Å². The molecule has 1 saturated heterocycles. The number of rotatable bonds is 4. The number of anilines is 1. The van der Waals surface area contributed by atoms with Crippen molar-refractivity contribution in [2.45, 2.75) is 36.3 Å². The minimum Gasteiger partial charge on any atom is -0.399 e. The molecule has 21 heavy (non-hydrogen) atoms. The van der Waals surface area contributed by atoms with Gasteiger partial charge in [-0.05, 0) is 37.3 Å². The van der Waals surface area contributed by atoms with Crippen LogP contribution in [-0.2, 0) is 14.8 Å². The van der Waals surface area contributed by atoms with Gasteiger partial charge in [-0.25, -0.2) is 17.5 Å². The summed E-state index contributed by atoms with van der Waals surface area (Å²) >= 11 is 5.66. The van der Waals surface area contributed by atoms with Gasteiger partial charge in [-0.2, -0.15) is 0 Å². The molecule has 0 bridgehead atoms. The zero-order valence-corrected chi connectivity index (χ0v) is 12.8. The minimum atomic E-state index is -4.03. The molecule has 3 rings (SSSR count). The molecule has 2 unspecified atom stereocenters. The van der Waals surface area contributed by atoms with E-state index >= 15 is 0 Å². The van der Waals surface area contributed by atoms with E-state index < -0.39 is 20.7 Å². The van der Waals surface area contributed by atoms with Crippen molar-refractivity contribution in [3.05, 3.63) is 23.0 Å². The van der Waals surface area contributed by atoms with E-state index in [1.165, 1.54) is 6.07 Å². The number of nitrogen functional groups attached to an aromatic ring is 1. The molecule has 0 radical (unpaired) electrons. The molecular weight excluding hydrogens is 319 g/mol. The second-order valence-corrected chi connectivity index (χ2v) is 7.59. The Hall–Kier alpha value is -0.890. The fraction of sp³-hybridized carbons (Fsp3) is 0.538. The van der Waals surface area contributed by atoms with Crippen molar-refractivity contribution in [3.63, 3.8) is 0 Å². The fourth-order valence-corrected chi connectivity index (χ4v) is 4.37. The van der Waals surface area contributed by atoms with E-state index in [0.29, 0.717) is 18.9 Å². The molecule has 2 atom stereocenters. The monoisotopic (exact) mass is 334 g/mol. The predicted octanol–water partition coefficient (Wildman–Crippen LogP) is 1.91. The molecule has 1 aliphatic carbocycles. The first-order valence-corrected chi connectivity index (χ1v) is 8.63. The molecule has 1 aliphatic heterocycles. The van der Waals surface area contributed by atoms with E-state index in [9.17, 15) is 12.8 Å². The molecule has 1 saturated carbocycles. The zero-order valence-electron chi connectivity index (χ0n) is 11.2. The second-order valence-electron chi connectivity index (χ2n) is 5.50. The van der Waals surface area contributed by atoms with Crippen LogP contribution >= 0.6 is 11.6 Å². The van der Waals surface area contributed by atoms with Gasteiger partial charge in [0.2, 0.25) is 10.0 Å². The summed E-state index contributed by atoms with van der Waals surface area (Å²) < 4.78 is 46.9. The average Bonchev–Trinajstić information content (AvgIpc) is 3.14. The van der Waals surface area contributed by atoms with Crippen molar-refractivity contribution >= 4 is 27.3 Å². The van der Waals surface area contributed by atoms with Crippen LogP contribution in [0.25, 0.3) is 0 Å². The topological polar surface area (TPSA) is 81.4 Å². The van der Waals surface area contributed by atoms with E-state index in [1.54, 1.807) is 0 Å². The Labute approximate surface area is 127 Å². The van der Waals surface area contributed by atoms with Crippen molar-refractivity contribution < 1.29 is 17.5 Å². The van der Waals surface area contributed by atoms with Gasteiger partial charge in [0, 0.05) is 12.3 Å². The standard InChI is InChI=1S/C13H16ClFN2O3S/c14-9-5-8(16)6-11(12(9)15)21(18,19)17-10-3-4-20-13(10)7-1-2-7/h5-7,10,13,17H,1-4,16H2. The van der Waals surface area contributed by atoms with Crippen LogP contribution < -0.4 is 10.5 Å². The Bertz CT molecular complexity index is 664. The first kappa shape index (κ1) is 15.0. The SMILES string of the molecule is Nc1cc(Cl)c(F)c(S(=O)(=O)NC2CCOC2C2CC2)c1. The van der Waals surface area contributed by atoms with Crippen molar-refractivity contribution in [1.82, 2.24) is 4.72 Å². The van der Waals surface area contributed by atoms with Crippen LogP contribution in [0.4, 0.5) is 10.1 Å². The number of sulfonamides is 1. The third-order valence-electron chi connectivity index (χ3n) is 3.84. The van der Waals surface area contributed by atoms with Crippen molar-refractivity contribution in [3.8, 4) is 0 Å². The van der Waals surface area contributed by atoms with Crippen LogP contribution in [0, 0.1) is 11.7 Å². The molecule has 0 aromatic heterocycles. The van der Waals surface area contributed by atoms with Crippen molar-refractivity contribution in [2.24, 2.45) is 5.92 Å². The number of ether oxygens (including phenoxy) is 1. The third-order valence-corrected chi connectivity index (χ3v) is 5.60. The van der Waals surface area contributed by atoms with Crippen molar-refractivity contribution in [2.75, 3.05) is 12.3 Å². The molecule has 0 spiro atoms. The summed E-state index contributed by atoms with van der Waals surface area (Å²) in [6, 6.07) is 1.93. The van der Waals surface area contributed by atoms with Gasteiger partial charge in [-0.15, -0.1) is 0 Å². The molecule has 0 amide bonds. The first-order valence-electron chi connectivity index (χ1n) is 6.77.